The Morgan fingerprint density at radius 1 is 1.14 bits per heavy atom. The quantitative estimate of drug-likeness (QED) is 0.646. The molecule has 3 aromatic rings. The van der Waals surface area contributed by atoms with Crippen LogP contribution in [-0.4, -0.2) is 10.1 Å². The largest absolute Gasteiger partial charge is 0.506 e. The molecule has 0 spiro atoms. The van der Waals surface area contributed by atoms with Crippen LogP contribution in [0.3, 0.4) is 0 Å². The van der Waals surface area contributed by atoms with E-state index in [0.717, 1.165) is 17.3 Å². The highest BCUT2D eigenvalue weighted by molar-refractivity contribution is 5.79. The van der Waals surface area contributed by atoms with E-state index >= 15 is 0 Å². The minimum Gasteiger partial charge on any atom is -0.506 e. The summed E-state index contributed by atoms with van der Waals surface area (Å²) in [4.78, 5) is 15.0. The van der Waals surface area contributed by atoms with Crippen LogP contribution in [0.25, 0.3) is 10.9 Å². The van der Waals surface area contributed by atoms with E-state index in [4.69, 9.17) is 0 Å². The average molecular weight is 294 g/mol. The van der Waals surface area contributed by atoms with E-state index in [1.165, 1.54) is 5.56 Å². The van der Waals surface area contributed by atoms with E-state index in [1.807, 2.05) is 24.3 Å². The number of H-pyrrole nitrogens is 1. The van der Waals surface area contributed by atoms with Crippen LogP contribution in [0.4, 0.5) is 5.69 Å². The second kappa shape index (κ2) is 5.93. The molecule has 4 heteroatoms. The van der Waals surface area contributed by atoms with Crippen LogP contribution in [0.1, 0.15) is 18.1 Å². The van der Waals surface area contributed by atoms with Gasteiger partial charge in [-0.15, -0.1) is 0 Å². The summed E-state index contributed by atoms with van der Waals surface area (Å²) in [6.07, 6.45) is 0.959. The molecule has 112 valence electrons. The van der Waals surface area contributed by atoms with Gasteiger partial charge in [0.1, 0.15) is 5.75 Å². The molecule has 2 aromatic carbocycles. The van der Waals surface area contributed by atoms with E-state index in [1.54, 1.807) is 18.2 Å². The number of hydrogen-bond donors (Lipinski definition) is 3. The van der Waals surface area contributed by atoms with Gasteiger partial charge in [-0.3, -0.25) is 4.79 Å². The van der Waals surface area contributed by atoms with Gasteiger partial charge in [-0.05, 0) is 47.7 Å². The first-order chi connectivity index (χ1) is 10.7. The molecule has 1 heterocycles. The molecule has 0 amide bonds. The van der Waals surface area contributed by atoms with Crippen LogP contribution >= 0.6 is 0 Å². The number of phenols is 1. The highest BCUT2D eigenvalue weighted by atomic mass is 16.3. The Hall–Kier alpha value is -2.75. The lowest BCUT2D eigenvalue weighted by Gasteiger charge is -2.09. The number of rotatable bonds is 4. The van der Waals surface area contributed by atoms with Crippen LogP contribution in [0.5, 0.6) is 5.75 Å². The smallest absolute Gasteiger partial charge is 0.253 e. The van der Waals surface area contributed by atoms with Crippen molar-refractivity contribution >= 4 is 16.6 Å². The molecule has 0 aliphatic heterocycles. The molecule has 1 aromatic heterocycles. The molecule has 0 radical (unpaired) electrons. The van der Waals surface area contributed by atoms with Gasteiger partial charge in [0.15, 0.2) is 0 Å². The number of aryl methyl sites for hydroxylation is 1. The fraction of sp³-hybridized carbons (Fsp3) is 0.167. The molecule has 0 bridgehead atoms. The lowest BCUT2D eigenvalue weighted by atomic mass is 10.1. The van der Waals surface area contributed by atoms with Crippen molar-refractivity contribution in [3.63, 3.8) is 0 Å². The van der Waals surface area contributed by atoms with Gasteiger partial charge in [-0.1, -0.05) is 25.1 Å². The molecule has 22 heavy (non-hydrogen) atoms. The molecule has 3 rings (SSSR count). The molecule has 0 unspecified atom stereocenters. The van der Waals surface area contributed by atoms with Crippen LogP contribution < -0.4 is 10.9 Å². The number of phenolic OH excluding ortho intramolecular Hbond substituents is 1. The number of benzene rings is 2. The average Bonchev–Trinajstić information content (AvgIpc) is 2.54. The Balaban J connectivity index is 1.91. The fourth-order valence-electron chi connectivity index (χ4n) is 2.47. The topological polar surface area (TPSA) is 65.1 Å². The third-order valence-electron chi connectivity index (χ3n) is 3.77. The molecule has 0 aliphatic carbocycles. The second-order valence-electron chi connectivity index (χ2n) is 5.27. The minimum absolute atomic E-state index is 0.111. The van der Waals surface area contributed by atoms with Crippen molar-refractivity contribution in [1.29, 1.82) is 0 Å². The van der Waals surface area contributed by atoms with Gasteiger partial charge in [0.05, 0.1) is 5.69 Å². The van der Waals surface area contributed by atoms with Crippen molar-refractivity contribution in [2.75, 3.05) is 5.32 Å². The summed E-state index contributed by atoms with van der Waals surface area (Å²) in [6.45, 7) is 2.46. The van der Waals surface area contributed by atoms with Crippen LogP contribution in [0.15, 0.2) is 53.3 Å². The Morgan fingerprint density at radius 2 is 1.95 bits per heavy atom. The lowest BCUT2D eigenvalue weighted by molar-refractivity contribution is 0.477. The maximum atomic E-state index is 12.1. The van der Waals surface area contributed by atoms with Crippen LogP contribution in [-0.2, 0) is 13.0 Å². The Labute approximate surface area is 128 Å². The Morgan fingerprint density at radius 3 is 2.73 bits per heavy atom. The van der Waals surface area contributed by atoms with Gasteiger partial charge >= 0.3 is 0 Å². The summed E-state index contributed by atoms with van der Waals surface area (Å²) in [6, 6.07) is 14.9. The zero-order valence-electron chi connectivity index (χ0n) is 12.4. The van der Waals surface area contributed by atoms with E-state index in [0.29, 0.717) is 17.8 Å². The van der Waals surface area contributed by atoms with Gasteiger partial charge in [0.25, 0.3) is 5.56 Å². The van der Waals surface area contributed by atoms with Crippen LogP contribution in [0.2, 0.25) is 0 Å². The highest BCUT2D eigenvalue weighted by Gasteiger charge is 2.05. The van der Waals surface area contributed by atoms with Gasteiger partial charge in [0.2, 0.25) is 0 Å². The highest BCUT2D eigenvalue weighted by Crippen LogP contribution is 2.22. The first kappa shape index (κ1) is 14.2. The number of hydrogen-bond acceptors (Lipinski definition) is 3. The number of aromatic amines is 1. The van der Waals surface area contributed by atoms with Crippen molar-refractivity contribution in [2.24, 2.45) is 0 Å². The van der Waals surface area contributed by atoms with Crippen molar-refractivity contribution in [3.8, 4) is 5.75 Å². The molecular weight excluding hydrogens is 276 g/mol. The molecule has 0 atom stereocenters. The standard InChI is InChI=1S/C18H18N2O2/c1-2-12-7-8-15-13(9-12)10-14(18(22)20-15)11-19-16-5-3-4-6-17(16)21/h3-10,19,21H,2,11H2,1H3,(H,20,22). The first-order valence-electron chi connectivity index (χ1n) is 7.34. The zero-order valence-corrected chi connectivity index (χ0v) is 12.4. The van der Waals surface area contributed by atoms with Gasteiger partial charge < -0.3 is 15.4 Å². The predicted octanol–water partition coefficient (Wildman–Crippen LogP) is 3.41. The monoisotopic (exact) mass is 294 g/mol. The fourth-order valence-corrected chi connectivity index (χ4v) is 2.47. The molecule has 0 fully saturated rings. The molecule has 0 saturated heterocycles. The number of aromatic nitrogens is 1. The number of pyridine rings is 1. The Bertz CT molecular complexity index is 868. The maximum Gasteiger partial charge on any atom is 0.253 e. The van der Waals surface area contributed by atoms with Crippen LogP contribution in [0, 0.1) is 0 Å². The molecular formula is C18H18N2O2. The number of para-hydroxylation sites is 2. The Kier molecular flexibility index (Phi) is 3.83. The number of aromatic hydroxyl groups is 1. The van der Waals surface area contributed by atoms with Crippen molar-refractivity contribution in [1.82, 2.24) is 4.98 Å². The third-order valence-corrected chi connectivity index (χ3v) is 3.77. The maximum absolute atomic E-state index is 12.1. The second-order valence-corrected chi connectivity index (χ2v) is 5.27. The molecule has 4 nitrogen and oxygen atoms in total. The lowest BCUT2D eigenvalue weighted by Crippen LogP contribution is -2.15. The molecule has 0 saturated carbocycles. The van der Waals surface area contributed by atoms with Crippen molar-refractivity contribution < 1.29 is 5.11 Å². The van der Waals surface area contributed by atoms with Crippen molar-refractivity contribution in [3.05, 3.63) is 70.0 Å². The van der Waals surface area contributed by atoms with Gasteiger partial charge in [-0.25, -0.2) is 0 Å². The number of nitrogens with one attached hydrogen (secondary N) is 2. The summed E-state index contributed by atoms with van der Waals surface area (Å²) in [5.74, 6) is 0.174. The number of fused-ring (bicyclic) bond motifs is 1. The van der Waals surface area contributed by atoms with Crippen molar-refractivity contribution in [2.45, 2.75) is 19.9 Å². The zero-order chi connectivity index (χ0) is 15.5. The van der Waals surface area contributed by atoms with E-state index < -0.39 is 0 Å². The van der Waals surface area contributed by atoms with E-state index in [9.17, 15) is 9.90 Å². The summed E-state index contributed by atoms with van der Waals surface area (Å²) >= 11 is 0. The SMILES string of the molecule is CCc1ccc2[nH]c(=O)c(CNc3ccccc3O)cc2c1. The molecule has 0 aliphatic rings. The summed E-state index contributed by atoms with van der Waals surface area (Å²) in [5, 5.41) is 13.9. The minimum atomic E-state index is -0.111. The first-order valence-corrected chi connectivity index (χ1v) is 7.34. The third kappa shape index (κ3) is 2.81. The number of anilines is 1. The normalized spacial score (nSPS) is 10.8. The van der Waals surface area contributed by atoms with Gasteiger partial charge in [-0.2, -0.15) is 0 Å². The van der Waals surface area contributed by atoms with E-state index in [-0.39, 0.29) is 11.3 Å². The van der Waals surface area contributed by atoms with Gasteiger partial charge in [0, 0.05) is 17.6 Å². The summed E-state index contributed by atoms with van der Waals surface area (Å²) < 4.78 is 0. The predicted molar refractivity (Wildman–Crippen MR) is 89.4 cm³/mol. The summed E-state index contributed by atoms with van der Waals surface area (Å²) in [7, 11) is 0. The summed E-state index contributed by atoms with van der Waals surface area (Å²) in [5.41, 5.74) is 3.22. The van der Waals surface area contributed by atoms with E-state index in [2.05, 4.69) is 23.3 Å². The molecule has 3 N–H and O–H groups in total.